The molecule has 1 saturated heterocycles. The maximum atomic E-state index is 12.4. The van der Waals surface area contributed by atoms with E-state index in [2.05, 4.69) is 53.6 Å². The van der Waals surface area contributed by atoms with Gasteiger partial charge in [0, 0.05) is 0 Å². The molecule has 0 radical (unpaired) electrons. The Labute approximate surface area is 214 Å². The van der Waals surface area contributed by atoms with E-state index in [4.69, 9.17) is 4.74 Å². The van der Waals surface area contributed by atoms with Gasteiger partial charge in [-0.05, 0) is 66.6 Å². The number of carbonyl (C=O) groups is 1. The molecule has 1 fully saturated rings. The maximum Gasteiger partial charge on any atom is 0.239 e. The predicted octanol–water partition coefficient (Wildman–Crippen LogP) is 6.93. The van der Waals surface area contributed by atoms with Crippen molar-refractivity contribution in [2.45, 2.75) is 83.3 Å². The van der Waals surface area contributed by atoms with Crippen LogP contribution in [0, 0.1) is 0 Å². The quantitative estimate of drug-likeness (QED) is 0.166. The van der Waals surface area contributed by atoms with Gasteiger partial charge in [-0.15, -0.1) is 5.10 Å². The summed E-state index contributed by atoms with van der Waals surface area (Å²) in [5, 5.41) is 11.6. The molecular formula is C29H39N3O2S. The van der Waals surface area contributed by atoms with Crippen molar-refractivity contribution in [1.82, 2.24) is 5.32 Å². The van der Waals surface area contributed by atoms with E-state index in [0.717, 1.165) is 30.8 Å². The first-order valence-corrected chi connectivity index (χ1v) is 13.9. The van der Waals surface area contributed by atoms with Crippen LogP contribution in [-0.2, 0) is 17.6 Å². The molecule has 5 nitrogen and oxygen atoms in total. The van der Waals surface area contributed by atoms with Gasteiger partial charge in [-0.25, -0.2) is 0 Å². The Kier molecular flexibility index (Phi) is 11.9. The van der Waals surface area contributed by atoms with Gasteiger partial charge in [0.1, 0.15) is 5.75 Å². The van der Waals surface area contributed by atoms with Gasteiger partial charge in [-0.2, -0.15) is 5.10 Å². The summed E-state index contributed by atoms with van der Waals surface area (Å²) in [5.41, 5.74) is 3.46. The van der Waals surface area contributed by atoms with Gasteiger partial charge in [0.05, 0.1) is 18.1 Å². The molecular weight excluding hydrogens is 454 g/mol. The normalized spacial score (nSPS) is 16.8. The second-order valence-corrected chi connectivity index (χ2v) is 10.2. The number of unbranched alkanes of at least 4 members (excludes halogenated alkanes) is 6. The molecule has 188 valence electrons. The topological polar surface area (TPSA) is 63.1 Å². The Hall–Kier alpha value is -2.60. The molecule has 0 aliphatic carbocycles. The zero-order valence-electron chi connectivity index (χ0n) is 21.2. The highest BCUT2D eigenvalue weighted by atomic mass is 32.2. The summed E-state index contributed by atoms with van der Waals surface area (Å²) in [6.45, 7) is 5.20. The number of ether oxygens (including phenoxy) is 1. The molecule has 3 rings (SSSR count). The lowest BCUT2D eigenvalue weighted by Gasteiger charge is -2.06. The number of amides is 1. The third-order valence-electron chi connectivity index (χ3n) is 6.04. The summed E-state index contributed by atoms with van der Waals surface area (Å²) >= 11 is 1.44. The molecule has 1 atom stereocenters. The Morgan fingerprint density at radius 2 is 1.57 bits per heavy atom. The first-order valence-electron chi connectivity index (χ1n) is 13.1. The third-order valence-corrected chi connectivity index (χ3v) is 7.11. The van der Waals surface area contributed by atoms with Crippen LogP contribution in [0.15, 0.2) is 58.7 Å². The fourth-order valence-corrected chi connectivity index (χ4v) is 4.86. The number of aryl methyl sites for hydroxylation is 1. The summed E-state index contributed by atoms with van der Waals surface area (Å²) in [6.07, 6.45) is 13.4. The molecule has 0 aromatic heterocycles. The predicted molar refractivity (Wildman–Crippen MR) is 149 cm³/mol. The molecule has 1 unspecified atom stereocenters. The van der Waals surface area contributed by atoms with Gasteiger partial charge in [0.25, 0.3) is 0 Å². The van der Waals surface area contributed by atoms with Crippen molar-refractivity contribution in [1.29, 1.82) is 0 Å². The monoisotopic (exact) mass is 493 g/mol. The fourth-order valence-electron chi connectivity index (χ4n) is 3.89. The van der Waals surface area contributed by atoms with E-state index in [9.17, 15) is 4.79 Å². The van der Waals surface area contributed by atoms with Gasteiger partial charge < -0.3 is 10.1 Å². The Bertz CT molecular complexity index is 955. The number of benzene rings is 2. The smallest absolute Gasteiger partial charge is 0.239 e. The Balaban J connectivity index is 1.40. The molecule has 1 aliphatic heterocycles. The van der Waals surface area contributed by atoms with Gasteiger partial charge in [-0.1, -0.05) is 88.4 Å². The maximum absolute atomic E-state index is 12.4. The van der Waals surface area contributed by atoms with Crippen LogP contribution in [0.4, 0.5) is 0 Å². The van der Waals surface area contributed by atoms with Crippen LogP contribution < -0.4 is 10.1 Å². The number of nitrogens with zero attached hydrogens (tertiary/aromatic N) is 2. The lowest BCUT2D eigenvalue weighted by Crippen LogP contribution is -2.25. The number of hydrogen-bond acceptors (Lipinski definition) is 5. The molecule has 35 heavy (non-hydrogen) atoms. The summed E-state index contributed by atoms with van der Waals surface area (Å²) in [5.74, 6) is 0.868. The SMILES string of the molecule is CCCCCCCCOc1ccc(/C=N/N=C2\NC(=O)C(Cc3ccc(CCCC)cc3)S2)cc1. The first kappa shape index (κ1) is 27.0. The number of carbonyl (C=O) groups excluding carboxylic acids is 1. The van der Waals surface area contributed by atoms with Gasteiger partial charge in [-0.3, -0.25) is 4.79 Å². The number of thioether (sulfide) groups is 1. The molecule has 0 saturated carbocycles. The van der Waals surface area contributed by atoms with Crippen LogP contribution in [-0.4, -0.2) is 29.1 Å². The van der Waals surface area contributed by atoms with Crippen molar-refractivity contribution in [3.63, 3.8) is 0 Å². The van der Waals surface area contributed by atoms with Crippen molar-refractivity contribution < 1.29 is 9.53 Å². The lowest BCUT2D eigenvalue weighted by molar-refractivity contribution is -0.118. The summed E-state index contributed by atoms with van der Waals surface area (Å²) in [4.78, 5) is 12.4. The molecule has 1 N–H and O–H groups in total. The molecule has 6 heteroatoms. The standard InChI is InChI=1S/C29H39N3O2S/c1-3-5-7-8-9-10-20-34-26-18-16-25(17-19-26)22-30-32-29-31-28(33)27(35-29)21-24-14-12-23(13-15-24)11-6-4-2/h12-19,22,27H,3-11,20-21H2,1-2H3,(H,31,32,33)/b30-22+. The van der Waals surface area contributed by atoms with Crippen LogP contribution in [0.3, 0.4) is 0 Å². The molecule has 2 aromatic rings. The van der Waals surface area contributed by atoms with E-state index in [1.165, 1.54) is 67.8 Å². The highest BCUT2D eigenvalue weighted by Crippen LogP contribution is 2.24. The van der Waals surface area contributed by atoms with Gasteiger partial charge in [0.15, 0.2) is 5.17 Å². The van der Waals surface area contributed by atoms with E-state index < -0.39 is 0 Å². The summed E-state index contributed by atoms with van der Waals surface area (Å²) < 4.78 is 5.83. The van der Waals surface area contributed by atoms with E-state index in [-0.39, 0.29) is 11.2 Å². The zero-order chi connectivity index (χ0) is 24.7. The second-order valence-electron chi connectivity index (χ2n) is 9.05. The Morgan fingerprint density at radius 1 is 0.886 bits per heavy atom. The van der Waals surface area contributed by atoms with Gasteiger partial charge in [0.2, 0.25) is 5.91 Å². The second kappa shape index (κ2) is 15.4. The lowest BCUT2D eigenvalue weighted by atomic mass is 10.0. The van der Waals surface area contributed by atoms with Crippen LogP contribution >= 0.6 is 11.8 Å². The van der Waals surface area contributed by atoms with Crippen molar-refractivity contribution in [3.8, 4) is 5.75 Å². The van der Waals surface area contributed by atoms with Gasteiger partial charge >= 0.3 is 0 Å². The van der Waals surface area contributed by atoms with E-state index in [0.29, 0.717) is 11.6 Å². The van der Waals surface area contributed by atoms with Crippen LogP contribution in [0.1, 0.15) is 81.9 Å². The minimum Gasteiger partial charge on any atom is -0.494 e. The van der Waals surface area contributed by atoms with Crippen molar-refractivity contribution in [2.75, 3.05) is 6.61 Å². The van der Waals surface area contributed by atoms with Crippen molar-refractivity contribution in [3.05, 3.63) is 65.2 Å². The van der Waals surface area contributed by atoms with Crippen LogP contribution in [0.25, 0.3) is 0 Å². The van der Waals surface area contributed by atoms with E-state index >= 15 is 0 Å². The van der Waals surface area contributed by atoms with E-state index in [1.54, 1.807) is 6.21 Å². The number of rotatable bonds is 15. The molecule has 2 aromatic carbocycles. The summed E-state index contributed by atoms with van der Waals surface area (Å²) in [7, 11) is 0. The van der Waals surface area contributed by atoms with Crippen molar-refractivity contribution >= 4 is 29.1 Å². The molecule has 0 spiro atoms. The van der Waals surface area contributed by atoms with Crippen LogP contribution in [0.2, 0.25) is 0 Å². The summed E-state index contributed by atoms with van der Waals surface area (Å²) in [6, 6.07) is 16.5. The van der Waals surface area contributed by atoms with Crippen molar-refractivity contribution in [2.24, 2.45) is 10.2 Å². The fraction of sp³-hybridized carbons (Fsp3) is 0.483. The molecule has 0 bridgehead atoms. The third kappa shape index (κ3) is 9.88. The average Bonchev–Trinajstić information content (AvgIpc) is 3.22. The Morgan fingerprint density at radius 3 is 2.31 bits per heavy atom. The highest BCUT2D eigenvalue weighted by Gasteiger charge is 2.30. The minimum atomic E-state index is -0.173. The number of nitrogens with one attached hydrogen (secondary N) is 1. The largest absolute Gasteiger partial charge is 0.494 e. The van der Waals surface area contributed by atoms with E-state index in [1.807, 2.05) is 24.3 Å². The average molecular weight is 494 g/mol. The highest BCUT2D eigenvalue weighted by molar-refractivity contribution is 8.15. The number of amidine groups is 1. The zero-order valence-corrected chi connectivity index (χ0v) is 22.0. The number of hydrogen-bond donors (Lipinski definition) is 1. The molecule has 1 amide bonds. The first-order chi connectivity index (χ1) is 17.2. The molecule has 1 aliphatic rings. The van der Waals surface area contributed by atoms with Crippen LogP contribution in [0.5, 0.6) is 5.75 Å². The molecule has 1 heterocycles. The minimum absolute atomic E-state index is 0.00845.